The Kier molecular flexibility index (Phi) is 6.24. The Hall–Kier alpha value is -1.05. The summed E-state index contributed by atoms with van der Waals surface area (Å²) in [7, 11) is -4.00. The summed E-state index contributed by atoms with van der Waals surface area (Å²) >= 11 is 0. The molecule has 0 saturated carbocycles. The van der Waals surface area contributed by atoms with Gasteiger partial charge in [0, 0.05) is 24.2 Å². The smallest absolute Gasteiger partial charge is 0.243 e. The second-order valence-corrected chi connectivity index (χ2v) is 6.99. The molecular formula is C14H22F2N2O2S. The highest BCUT2D eigenvalue weighted by atomic mass is 32.2. The van der Waals surface area contributed by atoms with Gasteiger partial charge in [-0.15, -0.1) is 0 Å². The average Bonchev–Trinajstić information content (AvgIpc) is 2.37. The summed E-state index contributed by atoms with van der Waals surface area (Å²) < 4.78 is 54.7. The molecule has 1 aromatic rings. The molecule has 0 fully saturated rings. The monoisotopic (exact) mass is 320 g/mol. The minimum absolute atomic E-state index is 0.0299. The Bertz CT molecular complexity index is 589. The van der Waals surface area contributed by atoms with Crippen LogP contribution in [0.3, 0.4) is 0 Å². The number of hydrogen-bond acceptors (Lipinski definition) is 3. The summed E-state index contributed by atoms with van der Waals surface area (Å²) in [6, 6.07) is 1.64. The second-order valence-electron chi connectivity index (χ2n) is 5.30. The van der Waals surface area contributed by atoms with Gasteiger partial charge < -0.3 is 5.32 Å². The van der Waals surface area contributed by atoms with Crippen LogP contribution in [0.5, 0.6) is 0 Å². The van der Waals surface area contributed by atoms with Crippen LogP contribution in [0.1, 0.15) is 39.7 Å². The molecule has 21 heavy (non-hydrogen) atoms. The van der Waals surface area contributed by atoms with Crippen LogP contribution >= 0.6 is 0 Å². The Morgan fingerprint density at radius 1 is 1.19 bits per heavy atom. The molecule has 0 aliphatic carbocycles. The third kappa shape index (κ3) is 4.72. The zero-order chi connectivity index (χ0) is 16.2. The SMILES string of the molecule is CCC(C)NS(=O)(=O)c1ccc(F)c(CNC(C)C)c1F. The van der Waals surface area contributed by atoms with Gasteiger partial charge in [0.2, 0.25) is 10.0 Å². The summed E-state index contributed by atoms with van der Waals surface area (Å²) in [6.45, 7) is 7.09. The Morgan fingerprint density at radius 2 is 1.81 bits per heavy atom. The zero-order valence-electron chi connectivity index (χ0n) is 12.7. The van der Waals surface area contributed by atoms with Gasteiger partial charge in [0.25, 0.3) is 0 Å². The van der Waals surface area contributed by atoms with E-state index in [0.717, 1.165) is 12.1 Å². The summed E-state index contributed by atoms with van der Waals surface area (Å²) in [5.41, 5.74) is -0.268. The maximum absolute atomic E-state index is 14.3. The highest BCUT2D eigenvalue weighted by Gasteiger charge is 2.24. The van der Waals surface area contributed by atoms with Gasteiger partial charge in [-0.1, -0.05) is 20.8 Å². The van der Waals surface area contributed by atoms with Gasteiger partial charge >= 0.3 is 0 Å². The van der Waals surface area contributed by atoms with Crippen molar-refractivity contribution in [2.24, 2.45) is 0 Å². The van der Waals surface area contributed by atoms with Gasteiger partial charge in [-0.25, -0.2) is 21.9 Å². The van der Waals surface area contributed by atoms with Gasteiger partial charge in [0.15, 0.2) is 5.82 Å². The largest absolute Gasteiger partial charge is 0.310 e. The topological polar surface area (TPSA) is 58.2 Å². The number of nitrogens with one attached hydrogen (secondary N) is 2. The lowest BCUT2D eigenvalue weighted by atomic mass is 10.2. The Morgan fingerprint density at radius 3 is 2.33 bits per heavy atom. The molecule has 2 N–H and O–H groups in total. The molecule has 1 unspecified atom stereocenters. The Balaban J connectivity index is 3.17. The molecule has 0 radical (unpaired) electrons. The highest BCUT2D eigenvalue weighted by Crippen LogP contribution is 2.21. The number of halogens is 2. The number of benzene rings is 1. The minimum Gasteiger partial charge on any atom is -0.310 e. The van der Waals surface area contributed by atoms with Crippen LogP contribution in [0, 0.1) is 11.6 Å². The van der Waals surface area contributed by atoms with Gasteiger partial charge in [0.05, 0.1) is 0 Å². The van der Waals surface area contributed by atoms with Crippen molar-refractivity contribution in [2.75, 3.05) is 0 Å². The van der Waals surface area contributed by atoms with Gasteiger partial charge in [-0.2, -0.15) is 0 Å². The predicted octanol–water partition coefficient (Wildman–Crippen LogP) is 2.54. The number of sulfonamides is 1. The lowest BCUT2D eigenvalue weighted by molar-refractivity contribution is 0.495. The van der Waals surface area contributed by atoms with Gasteiger partial charge in [0.1, 0.15) is 10.7 Å². The molecule has 0 amide bonds. The lowest BCUT2D eigenvalue weighted by Gasteiger charge is -2.15. The van der Waals surface area contributed by atoms with Crippen molar-refractivity contribution in [2.45, 2.75) is 57.6 Å². The quantitative estimate of drug-likeness (QED) is 0.812. The first-order valence-electron chi connectivity index (χ1n) is 6.91. The lowest BCUT2D eigenvalue weighted by Crippen LogP contribution is -2.33. The molecule has 0 heterocycles. The van der Waals surface area contributed by atoms with Gasteiger partial charge in [-0.05, 0) is 25.5 Å². The van der Waals surface area contributed by atoms with E-state index in [1.165, 1.54) is 0 Å². The second kappa shape index (κ2) is 7.29. The van der Waals surface area contributed by atoms with E-state index in [-0.39, 0.29) is 24.2 Å². The van der Waals surface area contributed by atoms with Crippen LogP contribution in [0.2, 0.25) is 0 Å². The first kappa shape index (κ1) is 18.0. The number of hydrogen-bond donors (Lipinski definition) is 2. The molecule has 0 bridgehead atoms. The molecule has 0 saturated heterocycles. The predicted molar refractivity (Wildman–Crippen MR) is 78.4 cm³/mol. The van der Waals surface area contributed by atoms with Crippen molar-refractivity contribution < 1.29 is 17.2 Å². The third-order valence-corrected chi connectivity index (χ3v) is 4.70. The van der Waals surface area contributed by atoms with Crippen molar-refractivity contribution in [3.63, 3.8) is 0 Å². The molecule has 120 valence electrons. The van der Waals surface area contributed by atoms with Crippen molar-refractivity contribution in [1.29, 1.82) is 0 Å². The maximum Gasteiger partial charge on any atom is 0.243 e. The molecule has 1 rings (SSSR count). The van der Waals surface area contributed by atoms with E-state index in [2.05, 4.69) is 10.0 Å². The van der Waals surface area contributed by atoms with E-state index < -0.39 is 26.6 Å². The van der Waals surface area contributed by atoms with Crippen LogP contribution < -0.4 is 10.0 Å². The molecule has 0 spiro atoms. The molecule has 1 atom stereocenters. The fraction of sp³-hybridized carbons (Fsp3) is 0.571. The molecule has 0 aromatic heterocycles. The standard InChI is InChI=1S/C14H22F2N2O2S/c1-5-10(4)18-21(19,20)13-7-6-12(15)11(14(13)16)8-17-9(2)3/h6-7,9-10,17-18H,5,8H2,1-4H3. The molecule has 7 heteroatoms. The highest BCUT2D eigenvalue weighted by molar-refractivity contribution is 7.89. The summed E-state index contributed by atoms with van der Waals surface area (Å²) in [5, 5.41) is 2.88. The fourth-order valence-corrected chi connectivity index (χ4v) is 3.09. The first-order chi connectivity index (χ1) is 9.69. The molecular weight excluding hydrogens is 298 g/mol. The van der Waals surface area contributed by atoms with Crippen LogP contribution in [0.15, 0.2) is 17.0 Å². The summed E-state index contributed by atoms with van der Waals surface area (Å²) in [5.74, 6) is -1.80. The van der Waals surface area contributed by atoms with E-state index in [1.807, 2.05) is 20.8 Å². The van der Waals surface area contributed by atoms with Crippen LogP contribution in [-0.4, -0.2) is 20.5 Å². The summed E-state index contributed by atoms with van der Waals surface area (Å²) in [4.78, 5) is -0.523. The first-order valence-corrected chi connectivity index (χ1v) is 8.40. The van der Waals surface area contributed by atoms with E-state index in [4.69, 9.17) is 0 Å². The number of rotatable bonds is 7. The van der Waals surface area contributed by atoms with Crippen molar-refractivity contribution >= 4 is 10.0 Å². The Labute approximate surface area is 125 Å². The zero-order valence-corrected chi connectivity index (χ0v) is 13.5. The van der Waals surface area contributed by atoms with E-state index in [9.17, 15) is 17.2 Å². The fourth-order valence-electron chi connectivity index (χ4n) is 1.66. The van der Waals surface area contributed by atoms with Gasteiger partial charge in [-0.3, -0.25) is 0 Å². The van der Waals surface area contributed by atoms with Crippen molar-refractivity contribution in [1.82, 2.24) is 10.0 Å². The van der Waals surface area contributed by atoms with Crippen LogP contribution in [-0.2, 0) is 16.6 Å². The molecule has 1 aromatic carbocycles. The normalized spacial score (nSPS) is 13.7. The van der Waals surface area contributed by atoms with Crippen molar-refractivity contribution in [3.8, 4) is 0 Å². The van der Waals surface area contributed by atoms with E-state index in [1.54, 1.807) is 6.92 Å². The van der Waals surface area contributed by atoms with Crippen LogP contribution in [0.25, 0.3) is 0 Å². The average molecular weight is 320 g/mol. The molecule has 4 nitrogen and oxygen atoms in total. The summed E-state index contributed by atoms with van der Waals surface area (Å²) in [6.07, 6.45) is 0.573. The minimum atomic E-state index is -4.00. The molecule has 0 aliphatic rings. The van der Waals surface area contributed by atoms with E-state index in [0.29, 0.717) is 6.42 Å². The third-order valence-electron chi connectivity index (χ3n) is 3.10. The van der Waals surface area contributed by atoms with Crippen molar-refractivity contribution in [3.05, 3.63) is 29.3 Å². The maximum atomic E-state index is 14.3. The molecule has 0 aliphatic heterocycles. The van der Waals surface area contributed by atoms with Crippen LogP contribution in [0.4, 0.5) is 8.78 Å². The van der Waals surface area contributed by atoms with E-state index >= 15 is 0 Å².